The molecule has 34 heavy (non-hydrogen) atoms. The van der Waals surface area contributed by atoms with Gasteiger partial charge in [0.15, 0.2) is 5.52 Å². The minimum absolute atomic E-state index is 0. The van der Waals surface area contributed by atoms with E-state index >= 15 is 0 Å². The monoisotopic (exact) mass is 501 g/mol. The van der Waals surface area contributed by atoms with Gasteiger partial charge in [0.05, 0.1) is 42.8 Å². The van der Waals surface area contributed by atoms with Crippen molar-refractivity contribution in [2.45, 2.75) is 41.5 Å². The van der Waals surface area contributed by atoms with Gasteiger partial charge in [-0.1, -0.05) is 59.2 Å². The van der Waals surface area contributed by atoms with Gasteiger partial charge in [-0.25, -0.2) is 0 Å². The van der Waals surface area contributed by atoms with E-state index in [1.54, 1.807) is 18.2 Å². The van der Waals surface area contributed by atoms with Crippen LogP contribution in [0.5, 0.6) is 23.0 Å². The van der Waals surface area contributed by atoms with Gasteiger partial charge in [0.2, 0.25) is 0 Å². The van der Waals surface area contributed by atoms with Gasteiger partial charge in [-0.3, -0.25) is 4.79 Å². The molecule has 1 unspecified atom stereocenters. The van der Waals surface area contributed by atoms with Gasteiger partial charge in [0, 0.05) is 31.0 Å². The van der Waals surface area contributed by atoms with E-state index in [0.29, 0.717) is 76.5 Å². The number of hydrogen-bond donors (Lipinski definition) is 0. The number of carbonyl (C=O) groups is 1. The molecular weight excluding hydrogens is 466 g/mol. The Morgan fingerprint density at radius 3 is 1.82 bits per heavy atom. The Hall–Kier alpha value is -1.37. The van der Waals surface area contributed by atoms with Gasteiger partial charge in [-0.05, 0) is 38.5 Å². The van der Waals surface area contributed by atoms with Gasteiger partial charge in [0.25, 0.3) is 0 Å². The molecule has 0 amide bonds. The minimum Gasteiger partial charge on any atom is -0.496 e. The van der Waals surface area contributed by atoms with E-state index in [-0.39, 0.29) is 33.0 Å². The predicted molar refractivity (Wildman–Crippen MR) is 143 cm³/mol. The average molecular weight is 502 g/mol. The van der Waals surface area contributed by atoms with Gasteiger partial charge in [-0.15, -0.1) is 0 Å². The van der Waals surface area contributed by atoms with Crippen LogP contribution in [-0.2, 0) is 0 Å². The molecule has 0 saturated heterocycles. The first kappa shape index (κ1) is 30.7. The van der Waals surface area contributed by atoms with Crippen molar-refractivity contribution in [1.29, 1.82) is 0 Å². The third-order valence-corrected chi connectivity index (χ3v) is 5.96. The Bertz CT molecular complexity index is 900. The molecule has 0 aliphatic heterocycles. The Morgan fingerprint density at radius 1 is 0.853 bits per heavy atom. The molecule has 183 valence electrons. The van der Waals surface area contributed by atoms with E-state index in [1.807, 2.05) is 12.1 Å². The Kier molecular flexibility index (Phi) is 13.4. The summed E-state index contributed by atoms with van der Waals surface area (Å²) in [4.78, 5) is 13.4. The van der Waals surface area contributed by atoms with E-state index in [0.717, 1.165) is 0 Å². The number of hydrogen-bond acceptors (Lipinski definition) is 5. The number of ether oxygens (including phenoxy) is 4. The van der Waals surface area contributed by atoms with Crippen LogP contribution in [0.25, 0.3) is 0 Å². The third-order valence-electron chi connectivity index (χ3n) is 4.43. The first-order chi connectivity index (χ1) is 15.6. The molecule has 8 heteroatoms. The topological polar surface area (TPSA) is 54.0 Å². The summed E-state index contributed by atoms with van der Waals surface area (Å²) in [6, 6.07) is 8.89. The van der Waals surface area contributed by atoms with E-state index in [4.69, 9.17) is 30.5 Å². The molecule has 0 bridgehead atoms. The summed E-state index contributed by atoms with van der Waals surface area (Å²) in [5, 5.41) is 1.07. The second kappa shape index (κ2) is 14.9. The van der Waals surface area contributed by atoms with Crippen LogP contribution in [0.4, 0.5) is 0 Å². The molecular formula is C26H36ClLiO5P. The molecule has 1 atom stereocenters. The van der Waals surface area contributed by atoms with Crippen LogP contribution in [-0.4, -0.2) is 51.3 Å². The molecule has 5 nitrogen and oxygen atoms in total. The summed E-state index contributed by atoms with van der Waals surface area (Å²) in [5.41, 5.74) is 0.224. The van der Waals surface area contributed by atoms with Crippen LogP contribution in [0.3, 0.4) is 0 Å². The SMILES string of the molecule is COc1cccc(Cl)c1C(=O)Pc1c(OCC(C)C)cc(OCC(C)C)cc1OCC(C)C.[Li]. The summed E-state index contributed by atoms with van der Waals surface area (Å²) in [7, 11) is 1.27. The largest absolute Gasteiger partial charge is 0.496 e. The zero-order valence-corrected chi connectivity index (χ0v) is 23.4. The molecule has 0 aromatic heterocycles. The maximum absolute atomic E-state index is 13.4. The van der Waals surface area contributed by atoms with Crippen molar-refractivity contribution in [1.82, 2.24) is 0 Å². The van der Waals surface area contributed by atoms with Gasteiger partial charge in [-0.2, -0.15) is 0 Å². The molecule has 2 rings (SSSR count). The fraction of sp³-hybridized carbons (Fsp3) is 0.500. The van der Waals surface area contributed by atoms with Crippen LogP contribution < -0.4 is 24.3 Å². The zero-order valence-electron chi connectivity index (χ0n) is 21.7. The van der Waals surface area contributed by atoms with Crippen LogP contribution in [0, 0.1) is 17.8 Å². The van der Waals surface area contributed by atoms with E-state index in [1.165, 1.54) is 7.11 Å². The van der Waals surface area contributed by atoms with Crippen molar-refractivity contribution < 1.29 is 23.7 Å². The number of halogens is 1. The van der Waals surface area contributed by atoms with Crippen molar-refractivity contribution in [3.8, 4) is 23.0 Å². The molecule has 0 spiro atoms. The minimum atomic E-state index is -0.259. The average Bonchev–Trinajstić information content (AvgIpc) is 2.75. The molecule has 0 fully saturated rings. The van der Waals surface area contributed by atoms with Crippen molar-refractivity contribution >= 4 is 49.9 Å². The van der Waals surface area contributed by atoms with E-state index < -0.39 is 0 Å². The first-order valence-electron chi connectivity index (χ1n) is 11.3. The van der Waals surface area contributed by atoms with Crippen LogP contribution >= 0.6 is 20.2 Å². The Labute approximate surface area is 223 Å². The molecule has 0 saturated carbocycles. The molecule has 0 heterocycles. The molecule has 0 N–H and O–H groups in total. The number of methoxy groups -OCH3 is 1. The van der Waals surface area contributed by atoms with E-state index in [2.05, 4.69) is 41.5 Å². The second-order valence-corrected chi connectivity index (χ2v) is 10.8. The standard InChI is InChI=1S/C26H36ClO5P.Li/c1-16(2)13-30-19-11-22(31-14-17(3)4)25(23(12-19)32-15-18(5)6)33-26(28)24-20(27)9-8-10-21(24)29-7;/h8-12,16-18,33H,13-15H2,1-7H3;. The first-order valence-corrected chi connectivity index (χ1v) is 12.7. The van der Waals surface area contributed by atoms with Gasteiger partial charge < -0.3 is 18.9 Å². The number of rotatable bonds is 13. The molecule has 1 radical (unpaired) electrons. The zero-order chi connectivity index (χ0) is 24.5. The summed E-state index contributed by atoms with van der Waals surface area (Å²) >= 11 is 6.37. The van der Waals surface area contributed by atoms with Crippen LogP contribution in [0.2, 0.25) is 5.02 Å². The fourth-order valence-electron chi connectivity index (χ4n) is 2.85. The summed E-state index contributed by atoms with van der Waals surface area (Å²) in [6.07, 6.45) is 0. The molecule has 0 aliphatic carbocycles. The number of benzene rings is 2. The molecule has 0 aliphatic rings. The predicted octanol–water partition coefficient (Wildman–Crippen LogP) is 6.22. The quantitative estimate of drug-likeness (QED) is 0.241. The summed E-state index contributed by atoms with van der Waals surface area (Å²) < 4.78 is 23.7. The smallest absolute Gasteiger partial charge is 0.191 e. The van der Waals surface area contributed by atoms with Crippen molar-refractivity contribution in [3.05, 3.63) is 40.9 Å². The summed E-state index contributed by atoms with van der Waals surface area (Å²) in [6.45, 7) is 14.1. The van der Waals surface area contributed by atoms with Crippen LogP contribution in [0.1, 0.15) is 51.9 Å². The Balaban J connectivity index is 0.00000578. The maximum atomic E-state index is 13.4. The second-order valence-electron chi connectivity index (χ2n) is 9.18. The van der Waals surface area contributed by atoms with Crippen molar-refractivity contribution in [2.75, 3.05) is 26.9 Å². The normalized spacial score (nSPS) is 11.3. The molecule has 2 aromatic rings. The maximum Gasteiger partial charge on any atom is 0.191 e. The van der Waals surface area contributed by atoms with Gasteiger partial charge in [0.1, 0.15) is 23.0 Å². The van der Waals surface area contributed by atoms with Crippen molar-refractivity contribution in [3.63, 3.8) is 0 Å². The van der Waals surface area contributed by atoms with Crippen LogP contribution in [0.15, 0.2) is 30.3 Å². The molecule has 2 aromatic carbocycles. The number of carbonyl (C=O) groups excluding carboxylic acids is 1. The fourth-order valence-corrected chi connectivity index (χ4v) is 4.32. The summed E-state index contributed by atoms with van der Waals surface area (Å²) in [5.74, 6) is 3.33. The van der Waals surface area contributed by atoms with E-state index in [9.17, 15) is 4.79 Å². The third kappa shape index (κ3) is 9.35. The Morgan fingerprint density at radius 2 is 1.35 bits per heavy atom. The van der Waals surface area contributed by atoms with Gasteiger partial charge >= 0.3 is 0 Å². The van der Waals surface area contributed by atoms with Crippen molar-refractivity contribution in [2.24, 2.45) is 17.8 Å².